The Bertz CT molecular complexity index is 927. The largest absolute Gasteiger partial charge is 0.405 e. The number of ether oxygens (including phenoxy) is 1. The highest BCUT2D eigenvalue weighted by Gasteiger charge is 2.50. The van der Waals surface area contributed by atoms with Gasteiger partial charge in [0.2, 0.25) is 0 Å². The van der Waals surface area contributed by atoms with E-state index in [0.29, 0.717) is 23.2 Å². The molecule has 1 aromatic heterocycles. The van der Waals surface area contributed by atoms with Gasteiger partial charge in [-0.15, -0.1) is 0 Å². The van der Waals surface area contributed by atoms with Crippen LogP contribution < -0.4 is 16.9 Å². The Labute approximate surface area is 185 Å². The second-order valence-electron chi connectivity index (χ2n) is 7.75. The normalized spacial score (nSPS) is 32.2. The van der Waals surface area contributed by atoms with Crippen molar-refractivity contribution in [1.29, 1.82) is 0 Å². The van der Waals surface area contributed by atoms with Crippen molar-refractivity contribution in [3.05, 3.63) is 35.3 Å². The van der Waals surface area contributed by atoms with Crippen molar-refractivity contribution in [3.8, 4) is 0 Å². The van der Waals surface area contributed by atoms with Crippen LogP contribution in [0.15, 0.2) is 39.5 Å². The van der Waals surface area contributed by atoms with Crippen molar-refractivity contribution < 1.29 is 14.7 Å². The number of nitrogens with one attached hydrogen (secondary N) is 1. The SMILES string of the molecule is CC(N)=NC(=Nc1cc(Cl)cnc1C1CC1)C1OC2CNOC2C(N=CC=CN)C1O. The van der Waals surface area contributed by atoms with E-state index in [9.17, 15) is 5.11 Å². The zero-order chi connectivity index (χ0) is 22.0. The molecule has 2 saturated heterocycles. The molecular formula is C20H26ClN7O3. The maximum Gasteiger partial charge on any atom is 0.162 e. The number of fused-ring (bicyclic) bond motifs is 1. The van der Waals surface area contributed by atoms with Crippen molar-refractivity contribution >= 4 is 35.2 Å². The van der Waals surface area contributed by atoms with Gasteiger partial charge in [-0.25, -0.2) is 9.98 Å². The molecule has 0 spiro atoms. The molecule has 4 rings (SSSR count). The summed E-state index contributed by atoms with van der Waals surface area (Å²) in [5.74, 6) is 0.861. The third-order valence-electron chi connectivity index (χ3n) is 5.25. The van der Waals surface area contributed by atoms with E-state index in [-0.39, 0.29) is 17.8 Å². The van der Waals surface area contributed by atoms with Crippen LogP contribution in [0.25, 0.3) is 0 Å². The topological polar surface area (TPSA) is 153 Å². The fourth-order valence-electron chi connectivity index (χ4n) is 3.72. The van der Waals surface area contributed by atoms with Gasteiger partial charge in [0.05, 0.1) is 28.8 Å². The fraction of sp³-hybridized carbons (Fsp3) is 0.500. The summed E-state index contributed by atoms with van der Waals surface area (Å²) in [7, 11) is 0. The van der Waals surface area contributed by atoms with Gasteiger partial charge in [-0.05, 0) is 38.1 Å². The van der Waals surface area contributed by atoms with Gasteiger partial charge in [0, 0.05) is 18.3 Å². The van der Waals surface area contributed by atoms with Gasteiger partial charge >= 0.3 is 0 Å². The highest BCUT2D eigenvalue weighted by molar-refractivity contribution is 6.30. The quantitative estimate of drug-likeness (QED) is 0.387. The number of amidine groups is 2. The van der Waals surface area contributed by atoms with Crippen molar-refractivity contribution in [2.24, 2.45) is 26.4 Å². The Hall–Kier alpha value is -2.37. The number of hydrogen-bond acceptors (Lipinski definition) is 8. The lowest BCUT2D eigenvalue weighted by Gasteiger charge is -2.38. The number of nitrogens with two attached hydrogens (primary N) is 2. The number of allylic oxidation sites excluding steroid dienone is 1. The van der Waals surface area contributed by atoms with Crippen LogP contribution in [0.4, 0.5) is 5.69 Å². The summed E-state index contributed by atoms with van der Waals surface area (Å²) >= 11 is 6.18. The van der Waals surface area contributed by atoms with E-state index in [1.54, 1.807) is 25.3 Å². The molecule has 3 heterocycles. The molecule has 1 aromatic rings. The van der Waals surface area contributed by atoms with Crippen LogP contribution >= 0.6 is 11.6 Å². The molecule has 1 saturated carbocycles. The monoisotopic (exact) mass is 447 g/mol. The summed E-state index contributed by atoms with van der Waals surface area (Å²) in [5.41, 5.74) is 15.5. The molecule has 0 radical (unpaired) electrons. The number of hydrogen-bond donors (Lipinski definition) is 4. The smallest absolute Gasteiger partial charge is 0.162 e. The third-order valence-corrected chi connectivity index (χ3v) is 5.46. The average molecular weight is 448 g/mol. The Morgan fingerprint density at radius 2 is 2.23 bits per heavy atom. The van der Waals surface area contributed by atoms with Crippen LogP contribution in [0.2, 0.25) is 5.02 Å². The van der Waals surface area contributed by atoms with Gasteiger partial charge in [-0.2, -0.15) is 5.48 Å². The van der Waals surface area contributed by atoms with Crippen LogP contribution in [0.3, 0.4) is 0 Å². The third kappa shape index (κ3) is 4.94. The van der Waals surface area contributed by atoms with Gasteiger partial charge in [0.25, 0.3) is 0 Å². The van der Waals surface area contributed by atoms with Gasteiger partial charge in [0.1, 0.15) is 30.5 Å². The van der Waals surface area contributed by atoms with E-state index < -0.39 is 24.4 Å². The van der Waals surface area contributed by atoms with Crippen molar-refractivity contribution in [1.82, 2.24) is 10.5 Å². The predicted octanol–water partition coefficient (Wildman–Crippen LogP) is 0.963. The maximum atomic E-state index is 11.1. The van der Waals surface area contributed by atoms with Crippen LogP contribution in [0.1, 0.15) is 31.4 Å². The second kappa shape index (κ2) is 9.41. The molecule has 2 aliphatic heterocycles. The number of aliphatic hydroxyl groups is 1. The molecule has 0 amide bonds. The molecule has 3 aliphatic rings. The molecule has 6 N–H and O–H groups in total. The van der Waals surface area contributed by atoms with Gasteiger partial charge < -0.3 is 21.3 Å². The molecule has 10 nitrogen and oxygen atoms in total. The molecule has 5 unspecified atom stereocenters. The van der Waals surface area contributed by atoms with Crippen molar-refractivity contribution in [2.45, 2.75) is 56.1 Å². The number of nitrogens with zero attached hydrogens (tertiary/aromatic N) is 4. The molecule has 166 valence electrons. The van der Waals surface area contributed by atoms with E-state index in [1.165, 1.54) is 12.4 Å². The number of pyridine rings is 1. The van der Waals surface area contributed by atoms with Crippen LogP contribution in [0.5, 0.6) is 0 Å². The summed E-state index contributed by atoms with van der Waals surface area (Å²) in [6, 6.07) is 1.12. The van der Waals surface area contributed by atoms with Crippen LogP contribution in [-0.4, -0.2) is 65.0 Å². The first-order valence-electron chi connectivity index (χ1n) is 10.1. The van der Waals surface area contributed by atoms with Crippen molar-refractivity contribution in [2.75, 3.05) is 6.54 Å². The molecule has 0 bridgehead atoms. The standard InChI is InChI=1S/C20H26ClN7O3/c1-10(23)27-20(28-13-7-12(21)8-25-15(13)11-3-4-11)19-17(29)16(24-6-2-5-22)18-14(30-19)9-26-31-18/h2,5-8,11,14,16-19,26,29H,3-4,9,22H2,1H3,(H2,23,27,28). The average Bonchev–Trinajstić information content (AvgIpc) is 3.46. The minimum Gasteiger partial charge on any atom is -0.405 e. The van der Waals surface area contributed by atoms with E-state index in [0.717, 1.165) is 18.5 Å². The summed E-state index contributed by atoms with van der Waals surface area (Å²) in [4.78, 5) is 23.5. The molecule has 3 fully saturated rings. The highest BCUT2D eigenvalue weighted by Crippen LogP contribution is 2.44. The van der Waals surface area contributed by atoms with E-state index >= 15 is 0 Å². The van der Waals surface area contributed by atoms with Gasteiger partial charge in [-0.1, -0.05) is 11.6 Å². The first-order chi connectivity index (χ1) is 15.0. The number of aliphatic imine (C=N–C) groups is 3. The maximum absolute atomic E-state index is 11.1. The summed E-state index contributed by atoms with van der Waals surface area (Å²) < 4.78 is 6.14. The first-order valence-corrected chi connectivity index (χ1v) is 10.5. The lowest BCUT2D eigenvalue weighted by Crippen LogP contribution is -2.58. The highest BCUT2D eigenvalue weighted by atomic mass is 35.5. The fourth-order valence-corrected chi connectivity index (χ4v) is 3.87. The number of aromatic nitrogens is 1. The second-order valence-corrected chi connectivity index (χ2v) is 8.18. The minimum atomic E-state index is -1.08. The molecule has 0 aromatic carbocycles. The lowest BCUT2D eigenvalue weighted by atomic mass is 9.92. The Morgan fingerprint density at radius 3 is 2.94 bits per heavy atom. The zero-order valence-corrected chi connectivity index (χ0v) is 17.8. The molecule has 31 heavy (non-hydrogen) atoms. The number of rotatable bonds is 5. The molecule has 1 aliphatic carbocycles. The van der Waals surface area contributed by atoms with E-state index in [2.05, 4.69) is 20.4 Å². The molecular weight excluding hydrogens is 422 g/mol. The summed E-state index contributed by atoms with van der Waals surface area (Å²) in [6.45, 7) is 2.09. The first kappa shape index (κ1) is 21.8. The molecule has 5 atom stereocenters. The number of aliphatic hydroxyl groups excluding tert-OH is 1. The van der Waals surface area contributed by atoms with Gasteiger partial charge in [0.15, 0.2) is 5.84 Å². The Kier molecular flexibility index (Phi) is 6.63. The number of hydroxylamine groups is 1. The van der Waals surface area contributed by atoms with Gasteiger partial charge in [-0.3, -0.25) is 14.8 Å². The zero-order valence-electron chi connectivity index (χ0n) is 17.1. The van der Waals surface area contributed by atoms with Crippen molar-refractivity contribution in [3.63, 3.8) is 0 Å². The molecule has 11 heteroatoms. The van der Waals surface area contributed by atoms with E-state index in [1.807, 2.05) is 0 Å². The Morgan fingerprint density at radius 1 is 1.42 bits per heavy atom. The number of halogens is 1. The minimum absolute atomic E-state index is 0.235. The lowest BCUT2D eigenvalue weighted by molar-refractivity contribution is -0.141. The predicted molar refractivity (Wildman–Crippen MR) is 119 cm³/mol. The van der Waals surface area contributed by atoms with Crippen LogP contribution in [-0.2, 0) is 9.57 Å². The Balaban J connectivity index is 1.73. The van der Waals surface area contributed by atoms with Crippen LogP contribution in [0, 0.1) is 0 Å². The van der Waals surface area contributed by atoms with E-state index in [4.69, 9.17) is 37.6 Å². The summed E-state index contributed by atoms with van der Waals surface area (Å²) in [5, 5.41) is 11.6. The summed E-state index contributed by atoms with van der Waals surface area (Å²) in [6.07, 6.45) is 5.39.